The summed E-state index contributed by atoms with van der Waals surface area (Å²) in [5.74, 6) is -0.690. The molecule has 0 amide bonds. The normalized spacial score (nSPS) is 9.31. The lowest BCUT2D eigenvalue weighted by atomic mass is 10.1. The Hall–Kier alpha value is -1.69. The molecule has 0 N–H and O–H groups in total. The molecular weight excluding hydrogens is 327 g/mol. The van der Waals surface area contributed by atoms with Crippen LogP contribution < -0.4 is 0 Å². The SMILES string of the molecule is COC(=O)c1ccc([N+](=O)[O-])c(I)c1C#N. The van der Waals surface area contributed by atoms with Crippen molar-refractivity contribution in [1.29, 1.82) is 5.26 Å². The highest BCUT2D eigenvalue weighted by molar-refractivity contribution is 14.1. The van der Waals surface area contributed by atoms with Crippen LogP contribution in [0.2, 0.25) is 0 Å². The Morgan fingerprint density at radius 2 is 2.25 bits per heavy atom. The van der Waals surface area contributed by atoms with E-state index in [0.29, 0.717) is 0 Å². The zero-order chi connectivity index (χ0) is 12.3. The predicted octanol–water partition coefficient (Wildman–Crippen LogP) is 1.86. The van der Waals surface area contributed by atoms with E-state index in [1.54, 1.807) is 28.7 Å². The summed E-state index contributed by atoms with van der Waals surface area (Å²) in [7, 11) is 1.18. The largest absolute Gasteiger partial charge is 0.465 e. The van der Waals surface area contributed by atoms with E-state index in [2.05, 4.69) is 4.74 Å². The van der Waals surface area contributed by atoms with Gasteiger partial charge in [0.15, 0.2) is 0 Å². The molecule has 1 rings (SSSR count). The number of nitrogens with zero attached hydrogens (tertiary/aromatic N) is 2. The molecule has 0 aliphatic carbocycles. The van der Waals surface area contributed by atoms with Gasteiger partial charge >= 0.3 is 5.97 Å². The molecule has 0 bridgehead atoms. The van der Waals surface area contributed by atoms with Gasteiger partial charge in [-0.1, -0.05) is 0 Å². The topological polar surface area (TPSA) is 93.2 Å². The lowest BCUT2D eigenvalue weighted by Crippen LogP contribution is -2.07. The van der Waals surface area contributed by atoms with Gasteiger partial charge < -0.3 is 4.74 Å². The quantitative estimate of drug-likeness (QED) is 0.357. The summed E-state index contributed by atoms with van der Waals surface area (Å²) >= 11 is 1.66. The van der Waals surface area contributed by atoms with E-state index in [9.17, 15) is 14.9 Å². The first-order chi connectivity index (χ1) is 7.52. The fourth-order valence-electron chi connectivity index (χ4n) is 1.10. The first kappa shape index (κ1) is 12.4. The molecule has 0 saturated carbocycles. The number of benzene rings is 1. The van der Waals surface area contributed by atoms with Crippen molar-refractivity contribution in [3.63, 3.8) is 0 Å². The molecule has 1 aromatic carbocycles. The van der Waals surface area contributed by atoms with E-state index in [1.165, 1.54) is 19.2 Å². The summed E-state index contributed by atoms with van der Waals surface area (Å²) in [5.41, 5.74) is -0.216. The third-order valence-electron chi connectivity index (χ3n) is 1.84. The minimum Gasteiger partial charge on any atom is -0.465 e. The van der Waals surface area contributed by atoms with Gasteiger partial charge in [0, 0.05) is 6.07 Å². The predicted molar refractivity (Wildman–Crippen MR) is 61.9 cm³/mol. The van der Waals surface area contributed by atoms with Crippen LogP contribution in [-0.4, -0.2) is 18.0 Å². The summed E-state index contributed by atoms with van der Waals surface area (Å²) < 4.78 is 4.60. The van der Waals surface area contributed by atoms with Crippen LogP contribution in [0.3, 0.4) is 0 Å². The van der Waals surface area contributed by atoms with Gasteiger partial charge in [0.25, 0.3) is 5.69 Å². The van der Waals surface area contributed by atoms with Gasteiger partial charge in [-0.15, -0.1) is 0 Å². The molecule has 6 nitrogen and oxygen atoms in total. The van der Waals surface area contributed by atoms with Crippen molar-refractivity contribution < 1.29 is 14.5 Å². The number of nitriles is 1. The van der Waals surface area contributed by atoms with Crippen molar-refractivity contribution in [3.05, 3.63) is 36.9 Å². The van der Waals surface area contributed by atoms with Crippen LogP contribution in [0.4, 0.5) is 5.69 Å². The van der Waals surface area contributed by atoms with E-state index < -0.39 is 10.9 Å². The average molecular weight is 332 g/mol. The molecule has 1 aromatic rings. The molecule has 0 radical (unpaired) electrons. The second-order valence-electron chi connectivity index (χ2n) is 2.68. The molecule has 82 valence electrons. The van der Waals surface area contributed by atoms with E-state index in [4.69, 9.17) is 5.26 Å². The second kappa shape index (κ2) is 4.89. The Balaban J connectivity index is 3.48. The van der Waals surface area contributed by atoms with Crippen LogP contribution >= 0.6 is 22.6 Å². The molecule has 7 heteroatoms. The number of methoxy groups -OCH3 is 1. The van der Waals surface area contributed by atoms with Crippen molar-refractivity contribution in [1.82, 2.24) is 0 Å². The van der Waals surface area contributed by atoms with Crippen LogP contribution in [0.15, 0.2) is 12.1 Å². The number of halogens is 1. The highest BCUT2D eigenvalue weighted by Crippen LogP contribution is 2.26. The number of hydrogen-bond donors (Lipinski definition) is 0. The van der Waals surface area contributed by atoms with Crippen molar-refractivity contribution in [3.8, 4) is 6.07 Å². The Morgan fingerprint density at radius 3 is 2.69 bits per heavy atom. The van der Waals surface area contributed by atoms with Crippen LogP contribution in [0.25, 0.3) is 0 Å². The van der Waals surface area contributed by atoms with Gasteiger partial charge in [-0.2, -0.15) is 5.26 Å². The zero-order valence-corrected chi connectivity index (χ0v) is 10.2. The first-order valence-corrected chi connectivity index (χ1v) is 5.06. The number of carbonyl (C=O) groups excluding carboxylic acids is 1. The number of ether oxygens (including phenoxy) is 1. The molecule has 0 atom stereocenters. The second-order valence-corrected chi connectivity index (χ2v) is 3.76. The number of hydrogen-bond acceptors (Lipinski definition) is 5. The van der Waals surface area contributed by atoms with Gasteiger partial charge in [0.1, 0.15) is 9.64 Å². The van der Waals surface area contributed by atoms with Crippen molar-refractivity contribution >= 4 is 34.2 Å². The van der Waals surface area contributed by atoms with E-state index in [0.717, 1.165) is 0 Å². The average Bonchev–Trinajstić information content (AvgIpc) is 2.26. The van der Waals surface area contributed by atoms with Crippen molar-refractivity contribution in [2.75, 3.05) is 7.11 Å². The Morgan fingerprint density at radius 1 is 1.62 bits per heavy atom. The number of nitro benzene ring substituents is 1. The van der Waals surface area contributed by atoms with Crippen LogP contribution in [0.1, 0.15) is 15.9 Å². The lowest BCUT2D eigenvalue weighted by molar-refractivity contribution is -0.385. The molecule has 16 heavy (non-hydrogen) atoms. The van der Waals surface area contributed by atoms with Gasteiger partial charge in [-0.25, -0.2) is 4.79 Å². The van der Waals surface area contributed by atoms with E-state index >= 15 is 0 Å². The minimum atomic E-state index is -0.690. The molecular formula is C9H5IN2O4. The molecule has 0 aromatic heterocycles. The molecule has 0 saturated heterocycles. The fourth-order valence-corrected chi connectivity index (χ4v) is 1.88. The van der Waals surface area contributed by atoms with Crippen molar-refractivity contribution in [2.45, 2.75) is 0 Å². The van der Waals surface area contributed by atoms with E-state index in [-0.39, 0.29) is 20.4 Å². The number of nitro groups is 1. The third kappa shape index (κ3) is 2.11. The Bertz CT molecular complexity index is 507. The smallest absolute Gasteiger partial charge is 0.339 e. The molecule has 0 aliphatic rings. The highest BCUT2D eigenvalue weighted by Gasteiger charge is 2.22. The molecule has 0 fully saturated rings. The molecule has 0 spiro atoms. The highest BCUT2D eigenvalue weighted by atomic mass is 127. The Labute approximate surface area is 104 Å². The summed E-state index contributed by atoms with van der Waals surface area (Å²) in [4.78, 5) is 21.3. The fraction of sp³-hybridized carbons (Fsp3) is 0.111. The van der Waals surface area contributed by atoms with Gasteiger partial charge in [-0.05, 0) is 28.7 Å². The summed E-state index contributed by atoms with van der Waals surface area (Å²) in [6.07, 6.45) is 0. The first-order valence-electron chi connectivity index (χ1n) is 3.98. The van der Waals surface area contributed by atoms with Crippen LogP contribution in [0.5, 0.6) is 0 Å². The zero-order valence-electron chi connectivity index (χ0n) is 8.06. The maximum Gasteiger partial charge on any atom is 0.339 e. The maximum atomic E-state index is 11.3. The summed E-state index contributed by atoms with van der Waals surface area (Å²) in [6, 6.07) is 4.15. The number of rotatable bonds is 2. The van der Waals surface area contributed by atoms with E-state index in [1.807, 2.05) is 0 Å². The maximum absolute atomic E-state index is 11.3. The third-order valence-corrected chi connectivity index (χ3v) is 2.93. The minimum absolute atomic E-state index is 0.0278. The van der Waals surface area contributed by atoms with Crippen LogP contribution in [0, 0.1) is 25.0 Å². The Kier molecular flexibility index (Phi) is 3.78. The van der Waals surface area contributed by atoms with Crippen LogP contribution in [-0.2, 0) is 4.74 Å². The molecule has 0 heterocycles. The lowest BCUT2D eigenvalue weighted by Gasteiger charge is -2.03. The van der Waals surface area contributed by atoms with Gasteiger partial charge in [-0.3, -0.25) is 10.1 Å². The molecule has 0 aliphatic heterocycles. The molecule has 0 unspecified atom stereocenters. The van der Waals surface area contributed by atoms with Gasteiger partial charge in [0.2, 0.25) is 0 Å². The summed E-state index contributed by atoms with van der Waals surface area (Å²) in [5, 5.41) is 19.5. The monoisotopic (exact) mass is 332 g/mol. The van der Waals surface area contributed by atoms with Crippen molar-refractivity contribution in [2.24, 2.45) is 0 Å². The number of carbonyl (C=O) groups is 1. The standard InChI is InChI=1S/C9H5IN2O4/c1-16-9(13)5-2-3-7(12(14)15)8(10)6(5)4-11/h2-3H,1H3. The summed E-state index contributed by atoms with van der Waals surface area (Å²) in [6.45, 7) is 0. The van der Waals surface area contributed by atoms with Gasteiger partial charge in [0.05, 0.1) is 23.2 Å². The number of esters is 1.